The van der Waals surface area contributed by atoms with Crippen LogP contribution in [0.5, 0.6) is 0 Å². The zero-order valence-corrected chi connectivity index (χ0v) is 8.61. The predicted molar refractivity (Wildman–Crippen MR) is 53.2 cm³/mol. The normalized spacial score (nSPS) is 32.5. The fraction of sp³-hybridized carbons (Fsp3) is 0.800. The summed E-state index contributed by atoms with van der Waals surface area (Å²) in [5, 5.41) is 2.57. The number of carbonyl (C=O) groups excluding carboxylic acids is 2. The van der Waals surface area contributed by atoms with E-state index in [1.54, 1.807) is 0 Å². The highest BCUT2D eigenvalue weighted by Crippen LogP contribution is 2.31. The molecule has 1 saturated carbocycles. The topological polar surface area (TPSA) is 52.7 Å². The molecule has 5 nitrogen and oxygen atoms in total. The summed E-state index contributed by atoms with van der Waals surface area (Å²) in [6.07, 6.45) is 3.51. The number of imide groups is 1. The second-order valence-electron chi connectivity index (χ2n) is 4.59. The molecule has 1 unspecified atom stereocenters. The van der Waals surface area contributed by atoms with Crippen LogP contribution in [-0.4, -0.2) is 53.5 Å². The molecule has 3 aliphatic rings. The summed E-state index contributed by atoms with van der Waals surface area (Å²) < 4.78 is 0. The molecule has 0 radical (unpaired) electrons. The van der Waals surface area contributed by atoms with E-state index in [1.165, 1.54) is 17.7 Å². The average Bonchev–Trinajstić information content (AvgIpc) is 2.87. The lowest BCUT2D eigenvalue weighted by molar-refractivity contribution is -0.126. The van der Waals surface area contributed by atoms with Crippen molar-refractivity contribution in [2.24, 2.45) is 0 Å². The quantitative estimate of drug-likeness (QED) is 0.639. The van der Waals surface area contributed by atoms with Gasteiger partial charge in [0.05, 0.1) is 12.6 Å². The van der Waals surface area contributed by atoms with Crippen LogP contribution in [0.15, 0.2) is 0 Å². The van der Waals surface area contributed by atoms with Gasteiger partial charge in [-0.2, -0.15) is 0 Å². The zero-order valence-electron chi connectivity index (χ0n) is 8.61. The first-order valence-electron chi connectivity index (χ1n) is 5.59. The van der Waals surface area contributed by atoms with Crippen molar-refractivity contribution < 1.29 is 9.59 Å². The number of hydrogen-bond donors (Lipinski definition) is 1. The van der Waals surface area contributed by atoms with Gasteiger partial charge in [-0.3, -0.25) is 14.6 Å². The van der Waals surface area contributed by atoms with E-state index in [0.717, 1.165) is 25.6 Å². The van der Waals surface area contributed by atoms with E-state index < -0.39 is 0 Å². The minimum absolute atomic E-state index is 0.0670. The number of hydrogen-bond acceptors (Lipinski definition) is 3. The van der Waals surface area contributed by atoms with E-state index >= 15 is 0 Å². The van der Waals surface area contributed by atoms with Gasteiger partial charge < -0.3 is 5.32 Å². The maximum Gasteiger partial charge on any atom is 0.324 e. The molecule has 2 heterocycles. The molecule has 3 rings (SSSR count). The molecule has 0 aromatic heterocycles. The molecule has 0 aromatic rings. The molecule has 2 aliphatic heterocycles. The van der Waals surface area contributed by atoms with Gasteiger partial charge >= 0.3 is 6.03 Å². The first-order valence-corrected chi connectivity index (χ1v) is 5.59. The van der Waals surface area contributed by atoms with Gasteiger partial charge in [0.25, 0.3) is 0 Å². The lowest BCUT2D eigenvalue weighted by Crippen LogP contribution is -2.42. The Morgan fingerprint density at radius 1 is 1.13 bits per heavy atom. The SMILES string of the molecule is O=C1CNC(=O)N1C1CCN(C2CC2)C1. The predicted octanol–water partition coefficient (Wildman–Crippen LogP) is -0.225. The number of nitrogens with zero attached hydrogens (tertiary/aromatic N) is 2. The third-order valence-electron chi connectivity index (χ3n) is 3.50. The van der Waals surface area contributed by atoms with Crippen molar-refractivity contribution in [3.8, 4) is 0 Å². The van der Waals surface area contributed by atoms with Crippen molar-refractivity contribution in [1.82, 2.24) is 15.1 Å². The van der Waals surface area contributed by atoms with E-state index in [1.807, 2.05) is 0 Å². The molecule has 2 saturated heterocycles. The second kappa shape index (κ2) is 3.20. The molecule has 3 amide bonds. The van der Waals surface area contributed by atoms with Crippen LogP contribution in [-0.2, 0) is 4.79 Å². The van der Waals surface area contributed by atoms with Crippen LogP contribution in [0.25, 0.3) is 0 Å². The lowest BCUT2D eigenvalue weighted by Gasteiger charge is -2.21. The number of rotatable bonds is 2. The molecular weight excluding hydrogens is 194 g/mol. The van der Waals surface area contributed by atoms with Gasteiger partial charge in [-0.05, 0) is 19.3 Å². The number of urea groups is 1. The standard InChI is InChI=1S/C10H15N3O2/c14-9-5-11-10(15)13(9)8-3-4-12(6-8)7-1-2-7/h7-8H,1-6H2,(H,11,15). The largest absolute Gasteiger partial charge is 0.329 e. The van der Waals surface area contributed by atoms with Crippen molar-refractivity contribution in [2.75, 3.05) is 19.6 Å². The van der Waals surface area contributed by atoms with Gasteiger partial charge in [-0.1, -0.05) is 0 Å². The number of nitrogens with one attached hydrogen (secondary N) is 1. The molecule has 0 aromatic carbocycles. The lowest BCUT2D eigenvalue weighted by atomic mass is 10.2. The van der Waals surface area contributed by atoms with Crippen LogP contribution in [0.4, 0.5) is 4.79 Å². The summed E-state index contributed by atoms with van der Waals surface area (Å²) in [6, 6.07) is 0.638. The van der Waals surface area contributed by atoms with Gasteiger partial charge in [-0.25, -0.2) is 4.79 Å². The Kier molecular flexibility index (Phi) is 1.95. The van der Waals surface area contributed by atoms with Crippen molar-refractivity contribution in [2.45, 2.75) is 31.3 Å². The molecule has 3 fully saturated rings. The van der Waals surface area contributed by atoms with E-state index in [0.29, 0.717) is 0 Å². The first kappa shape index (κ1) is 9.15. The second-order valence-corrected chi connectivity index (χ2v) is 4.59. The highest BCUT2D eigenvalue weighted by molar-refractivity contribution is 6.02. The summed E-state index contributed by atoms with van der Waals surface area (Å²) >= 11 is 0. The first-order chi connectivity index (χ1) is 7.25. The number of carbonyl (C=O) groups is 2. The van der Waals surface area contributed by atoms with Crippen molar-refractivity contribution in [3.63, 3.8) is 0 Å². The molecule has 82 valence electrons. The van der Waals surface area contributed by atoms with Crippen molar-refractivity contribution in [1.29, 1.82) is 0 Å². The Labute approximate surface area is 88.4 Å². The van der Waals surface area contributed by atoms with Crippen molar-refractivity contribution in [3.05, 3.63) is 0 Å². The number of likely N-dealkylation sites (tertiary alicyclic amines) is 1. The Balaban J connectivity index is 1.67. The van der Waals surface area contributed by atoms with E-state index in [9.17, 15) is 9.59 Å². The summed E-state index contributed by atoms with van der Waals surface area (Å²) in [4.78, 5) is 26.8. The average molecular weight is 209 g/mol. The molecule has 1 aliphatic carbocycles. The smallest absolute Gasteiger partial charge is 0.324 e. The molecule has 1 N–H and O–H groups in total. The highest BCUT2D eigenvalue weighted by Gasteiger charge is 2.41. The van der Waals surface area contributed by atoms with Gasteiger partial charge in [0.1, 0.15) is 0 Å². The summed E-state index contributed by atoms with van der Waals surface area (Å²) in [5.74, 6) is -0.0670. The van der Waals surface area contributed by atoms with Crippen LogP contribution >= 0.6 is 0 Å². The number of amides is 3. The summed E-state index contributed by atoms with van der Waals surface area (Å²) in [6.45, 7) is 2.09. The maximum absolute atomic E-state index is 11.5. The third-order valence-corrected chi connectivity index (χ3v) is 3.50. The van der Waals surface area contributed by atoms with Crippen LogP contribution in [0.3, 0.4) is 0 Å². The van der Waals surface area contributed by atoms with Crippen LogP contribution in [0, 0.1) is 0 Å². The molecule has 15 heavy (non-hydrogen) atoms. The fourth-order valence-corrected chi connectivity index (χ4v) is 2.55. The van der Waals surface area contributed by atoms with Gasteiger partial charge in [0, 0.05) is 19.1 Å². The molecule has 0 spiro atoms. The monoisotopic (exact) mass is 209 g/mol. The van der Waals surface area contributed by atoms with Gasteiger partial charge in [0.15, 0.2) is 0 Å². The van der Waals surface area contributed by atoms with Crippen LogP contribution in [0.2, 0.25) is 0 Å². The minimum Gasteiger partial charge on any atom is -0.329 e. The van der Waals surface area contributed by atoms with E-state index in [-0.39, 0.29) is 24.5 Å². The van der Waals surface area contributed by atoms with E-state index in [4.69, 9.17) is 0 Å². The maximum atomic E-state index is 11.5. The Bertz CT molecular complexity index is 298. The summed E-state index contributed by atoms with van der Waals surface area (Å²) in [7, 11) is 0. The molecule has 1 atom stereocenters. The fourth-order valence-electron chi connectivity index (χ4n) is 2.55. The molecule has 0 bridgehead atoms. The third kappa shape index (κ3) is 1.51. The van der Waals surface area contributed by atoms with E-state index in [2.05, 4.69) is 10.2 Å². The Morgan fingerprint density at radius 2 is 1.93 bits per heavy atom. The van der Waals surface area contributed by atoms with Gasteiger partial charge in [0.2, 0.25) is 5.91 Å². The van der Waals surface area contributed by atoms with Crippen molar-refractivity contribution >= 4 is 11.9 Å². The highest BCUT2D eigenvalue weighted by atomic mass is 16.2. The Morgan fingerprint density at radius 3 is 2.53 bits per heavy atom. The van der Waals surface area contributed by atoms with Gasteiger partial charge in [-0.15, -0.1) is 0 Å². The minimum atomic E-state index is -0.206. The molecular formula is C10H15N3O2. The Hall–Kier alpha value is -1.10. The molecule has 5 heteroatoms. The van der Waals surface area contributed by atoms with Crippen LogP contribution in [0.1, 0.15) is 19.3 Å². The van der Waals surface area contributed by atoms with Crippen LogP contribution < -0.4 is 5.32 Å². The summed E-state index contributed by atoms with van der Waals surface area (Å²) in [5.41, 5.74) is 0. The zero-order chi connectivity index (χ0) is 10.4.